The van der Waals surface area contributed by atoms with Crippen molar-refractivity contribution in [2.24, 2.45) is 11.8 Å². The van der Waals surface area contributed by atoms with E-state index in [1.807, 2.05) is 6.92 Å². The van der Waals surface area contributed by atoms with E-state index < -0.39 is 0 Å². The summed E-state index contributed by atoms with van der Waals surface area (Å²) in [6.45, 7) is 2.37. The molecule has 1 aliphatic carbocycles. The second-order valence-electron chi connectivity index (χ2n) is 3.64. The average Bonchev–Trinajstić information content (AvgIpc) is 2.18. The fourth-order valence-corrected chi connectivity index (χ4v) is 2.49. The lowest BCUT2D eigenvalue weighted by Crippen LogP contribution is -2.25. The molecule has 0 aliphatic heterocycles. The van der Waals surface area contributed by atoms with Gasteiger partial charge in [-0.05, 0) is 32.1 Å². The summed E-state index contributed by atoms with van der Waals surface area (Å²) in [7, 11) is 0. The number of hydrogen-bond donors (Lipinski definition) is 0. The van der Waals surface area contributed by atoms with Crippen LogP contribution in [0.4, 0.5) is 0 Å². The maximum absolute atomic E-state index is 11.4. The van der Waals surface area contributed by atoms with E-state index in [4.69, 9.17) is 4.74 Å². The minimum atomic E-state index is 0.00755. The molecule has 1 unspecified atom stereocenters. The van der Waals surface area contributed by atoms with E-state index in [9.17, 15) is 4.79 Å². The Morgan fingerprint density at radius 2 is 2.31 bits per heavy atom. The molecule has 1 saturated carbocycles. The number of hydrogen-bond acceptors (Lipinski definition) is 2. The van der Waals surface area contributed by atoms with Crippen molar-refractivity contribution in [2.75, 3.05) is 11.9 Å². The lowest BCUT2D eigenvalue weighted by Gasteiger charge is -2.26. The van der Waals surface area contributed by atoms with Crippen molar-refractivity contribution in [3.8, 4) is 0 Å². The molecule has 0 aromatic heterocycles. The summed E-state index contributed by atoms with van der Waals surface area (Å²) < 4.78 is 5.02. The van der Waals surface area contributed by atoms with Gasteiger partial charge in [-0.25, -0.2) is 0 Å². The first-order valence-corrected chi connectivity index (χ1v) is 6.12. The molecule has 2 nitrogen and oxygen atoms in total. The summed E-state index contributed by atoms with van der Waals surface area (Å²) in [4.78, 5) is 11.4. The van der Waals surface area contributed by atoms with E-state index >= 15 is 0 Å². The largest absolute Gasteiger partial charge is 0.466 e. The molecule has 0 amide bonds. The first-order valence-electron chi connectivity index (χ1n) is 5.00. The van der Waals surface area contributed by atoms with Crippen LogP contribution in [0.2, 0.25) is 0 Å². The van der Waals surface area contributed by atoms with Gasteiger partial charge in [0.1, 0.15) is 0 Å². The molecule has 0 spiro atoms. The van der Waals surface area contributed by atoms with Crippen LogP contribution in [0.25, 0.3) is 0 Å². The number of halogens is 1. The van der Waals surface area contributed by atoms with Gasteiger partial charge in [-0.1, -0.05) is 22.4 Å². The summed E-state index contributed by atoms with van der Waals surface area (Å²) in [5.41, 5.74) is 0. The van der Waals surface area contributed by atoms with Crippen molar-refractivity contribution in [1.29, 1.82) is 0 Å². The molecule has 76 valence electrons. The number of carbonyl (C=O) groups is 1. The van der Waals surface area contributed by atoms with E-state index in [-0.39, 0.29) is 11.9 Å². The Balaban J connectivity index is 2.37. The van der Waals surface area contributed by atoms with Crippen LogP contribution >= 0.6 is 15.9 Å². The lowest BCUT2D eigenvalue weighted by atomic mass is 9.82. The first kappa shape index (κ1) is 11.0. The molecular formula is C10H17BrO2. The van der Waals surface area contributed by atoms with Gasteiger partial charge < -0.3 is 4.74 Å². The normalized spacial score (nSPS) is 28.5. The number of rotatable bonds is 3. The molecule has 1 rings (SSSR count). The predicted octanol–water partition coefficient (Wildman–Crippen LogP) is 2.75. The van der Waals surface area contributed by atoms with Crippen molar-refractivity contribution in [3.63, 3.8) is 0 Å². The zero-order valence-electron chi connectivity index (χ0n) is 8.09. The van der Waals surface area contributed by atoms with Gasteiger partial charge in [-0.15, -0.1) is 0 Å². The third-order valence-electron chi connectivity index (χ3n) is 2.62. The molecule has 0 aromatic rings. The quantitative estimate of drug-likeness (QED) is 0.567. The van der Waals surface area contributed by atoms with E-state index in [2.05, 4.69) is 15.9 Å². The Hall–Kier alpha value is -0.0500. The van der Waals surface area contributed by atoms with Crippen LogP contribution < -0.4 is 0 Å². The summed E-state index contributed by atoms with van der Waals surface area (Å²) in [6.07, 6.45) is 4.44. The second kappa shape index (κ2) is 5.63. The van der Waals surface area contributed by atoms with Gasteiger partial charge in [0.25, 0.3) is 0 Å². The smallest absolute Gasteiger partial charge is 0.308 e. The van der Waals surface area contributed by atoms with E-state index in [1.165, 1.54) is 12.8 Å². The van der Waals surface area contributed by atoms with Gasteiger partial charge in [0.2, 0.25) is 0 Å². The van der Waals surface area contributed by atoms with Gasteiger partial charge in [0.05, 0.1) is 12.5 Å². The summed E-state index contributed by atoms with van der Waals surface area (Å²) in [6, 6.07) is 0. The van der Waals surface area contributed by atoms with Crippen molar-refractivity contribution in [3.05, 3.63) is 0 Å². The Morgan fingerprint density at radius 1 is 1.54 bits per heavy atom. The summed E-state index contributed by atoms with van der Waals surface area (Å²) >= 11 is 3.47. The molecule has 0 bridgehead atoms. The predicted molar refractivity (Wildman–Crippen MR) is 55.9 cm³/mol. The van der Waals surface area contributed by atoms with Gasteiger partial charge in [-0.2, -0.15) is 0 Å². The summed E-state index contributed by atoms with van der Waals surface area (Å²) in [5, 5.41) is 1.02. The SMILES string of the molecule is CCOC(=O)[C@@H]1CCCC(CBr)C1. The van der Waals surface area contributed by atoms with Gasteiger partial charge in [0, 0.05) is 5.33 Å². The molecule has 0 aromatic carbocycles. The first-order chi connectivity index (χ1) is 6.27. The molecule has 3 heteroatoms. The zero-order chi connectivity index (χ0) is 9.68. The number of esters is 1. The second-order valence-corrected chi connectivity index (χ2v) is 4.28. The lowest BCUT2D eigenvalue weighted by molar-refractivity contribution is -0.149. The maximum atomic E-state index is 11.4. The molecule has 2 atom stereocenters. The highest BCUT2D eigenvalue weighted by atomic mass is 79.9. The topological polar surface area (TPSA) is 26.3 Å². The van der Waals surface area contributed by atoms with Crippen LogP contribution in [0.5, 0.6) is 0 Å². The van der Waals surface area contributed by atoms with Crippen LogP contribution in [0.15, 0.2) is 0 Å². The Labute approximate surface area is 88.2 Å². The molecule has 0 radical (unpaired) electrons. The molecule has 1 aliphatic rings. The standard InChI is InChI=1S/C10H17BrO2/c1-2-13-10(12)9-5-3-4-8(6-9)7-11/h8-9H,2-7H2,1H3/t8?,9-/m1/s1. The molecule has 1 fully saturated rings. The number of ether oxygens (including phenoxy) is 1. The zero-order valence-corrected chi connectivity index (χ0v) is 9.68. The highest BCUT2D eigenvalue weighted by Crippen LogP contribution is 2.30. The molecule has 0 saturated heterocycles. The summed E-state index contributed by atoms with van der Waals surface area (Å²) in [5.74, 6) is 0.840. The van der Waals surface area contributed by atoms with Gasteiger partial charge in [-0.3, -0.25) is 4.79 Å². The van der Waals surface area contributed by atoms with Gasteiger partial charge in [0.15, 0.2) is 0 Å². The van der Waals surface area contributed by atoms with E-state index in [0.29, 0.717) is 12.5 Å². The third-order valence-corrected chi connectivity index (χ3v) is 3.54. The van der Waals surface area contributed by atoms with E-state index in [0.717, 1.165) is 18.2 Å². The van der Waals surface area contributed by atoms with Crippen molar-refractivity contribution >= 4 is 21.9 Å². The van der Waals surface area contributed by atoms with E-state index in [1.54, 1.807) is 0 Å². The minimum Gasteiger partial charge on any atom is -0.466 e. The van der Waals surface area contributed by atoms with Crippen LogP contribution in [0.1, 0.15) is 32.6 Å². The molecular weight excluding hydrogens is 232 g/mol. The highest BCUT2D eigenvalue weighted by Gasteiger charge is 2.27. The highest BCUT2D eigenvalue weighted by molar-refractivity contribution is 9.09. The Kier molecular flexibility index (Phi) is 4.78. The van der Waals surface area contributed by atoms with Crippen LogP contribution in [0, 0.1) is 11.8 Å². The van der Waals surface area contributed by atoms with Crippen molar-refractivity contribution < 1.29 is 9.53 Å². The fourth-order valence-electron chi connectivity index (χ4n) is 1.91. The van der Waals surface area contributed by atoms with Crippen LogP contribution in [-0.2, 0) is 9.53 Å². The minimum absolute atomic E-state index is 0.00755. The third kappa shape index (κ3) is 3.29. The molecule has 0 heterocycles. The fraction of sp³-hybridized carbons (Fsp3) is 0.900. The average molecular weight is 249 g/mol. The Morgan fingerprint density at radius 3 is 2.92 bits per heavy atom. The monoisotopic (exact) mass is 248 g/mol. The number of carbonyl (C=O) groups excluding carboxylic acids is 1. The van der Waals surface area contributed by atoms with Crippen LogP contribution in [0.3, 0.4) is 0 Å². The van der Waals surface area contributed by atoms with Crippen molar-refractivity contribution in [1.82, 2.24) is 0 Å². The van der Waals surface area contributed by atoms with Crippen LogP contribution in [-0.4, -0.2) is 17.9 Å². The maximum Gasteiger partial charge on any atom is 0.308 e. The van der Waals surface area contributed by atoms with Crippen molar-refractivity contribution in [2.45, 2.75) is 32.6 Å². The number of alkyl halides is 1. The molecule has 0 N–H and O–H groups in total. The molecule has 13 heavy (non-hydrogen) atoms. The Bertz CT molecular complexity index is 170. The van der Waals surface area contributed by atoms with Gasteiger partial charge >= 0.3 is 5.97 Å².